The van der Waals surface area contributed by atoms with Crippen molar-refractivity contribution in [1.29, 1.82) is 0 Å². The third kappa shape index (κ3) is 1.92. The van der Waals surface area contributed by atoms with Gasteiger partial charge < -0.3 is 9.84 Å². The molecule has 0 bridgehead atoms. The van der Waals surface area contributed by atoms with Crippen LogP contribution in [-0.2, 0) is 6.54 Å². The van der Waals surface area contributed by atoms with E-state index in [9.17, 15) is 0 Å². The molecule has 0 atom stereocenters. The van der Waals surface area contributed by atoms with E-state index in [1.807, 2.05) is 31.4 Å². The van der Waals surface area contributed by atoms with Crippen LogP contribution in [0.4, 0.5) is 5.82 Å². The Balaban J connectivity index is 1.90. The molecule has 1 N–H and O–H groups in total. The summed E-state index contributed by atoms with van der Waals surface area (Å²) in [6.45, 7) is 6.31. The zero-order chi connectivity index (χ0) is 13.4. The van der Waals surface area contributed by atoms with Gasteiger partial charge in [0.1, 0.15) is 11.6 Å². The molecule has 3 heterocycles. The Bertz CT molecular complexity index is 709. The van der Waals surface area contributed by atoms with Crippen molar-refractivity contribution in [3.8, 4) is 0 Å². The predicted molar refractivity (Wildman–Crippen MR) is 68.8 cm³/mol. The monoisotopic (exact) mass is 258 g/mol. The maximum absolute atomic E-state index is 5.13. The molecule has 0 fully saturated rings. The highest BCUT2D eigenvalue weighted by Gasteiger charge is 2.11. The molecule has 19 heavy (non-hydrogen) atoms. The summed E-state index contributed by atoms with van der Waals surface area (Å²) in [6, 6.07) is 0. The average molecular weight is 258 g/mol. The molecule has 3 rings (SSSR count). The molecular formula is C12H14N6O. The van der Waals surface area contributed by atoms with Crippen LogP contribution in [0, 0.1) is 20.8 Å². The van der Waals surface area contributed by atoms with Gasteiger partial charge in [0.15, 0.2) is 5.82 Å². The third-order valence-corrected chi connectivity index (χ3v) is 3.11. The maximum atomic E-state index is 5.13. The Morgan fingerprint density at radius 1 is 1.26 bits per heavy atom. The minimum Gasteiger partial charge on any atom is -0.363 e. The lowest BCUT2D eigenvalue weighted by Crippen LogP contribution is -2.05. The molecule has 0 aliphatic rings. The minimum absolute atomic E-state index is 0.597. The summed E-state index contributed by atoms with van der Waals surface area (Å²) in [5.74, 6) is 2.34. The standard InChI is InChI=1S/C12H14N6O/c1-7-10(8(2)19-17-7)6-14-11-12-16-15-9(3)18(12)5-4-13-11/h4-5H,6H2,1-3H3,(H,13,14). The zero-order valence-corrected chi connectivity index (χ0v) is 11.0. The molecule has 0 unspecified atom stereocenters. The van der Waals surface area contributed by atoms with Crippen LogP contribution in [0.1, 0.15) is 22.8 Å². The van der Waals surface area contributed by atoms with Gasteiger partial charge in [-0.25, -0.2) is 4.98 Å². The van der Waals surface area contributed by atoms with Gasteiger partial charge in [-0.2, -0.15) is 0 Å². The van der Waals surface area contributed by atoms with Gasteiger partial charge in [0.2, 0.25) is 5.65 Å². The van der Waals surface area contributed by atoms with Gasteiger partial charge in [0.05, 0.1) is 5.69 Å². The zero-order valence-electron chi connectivity index (χ0n) is 11.0. The van der Waals surface area contributed by atoms with E-state index in [-0.39, 0.29) is 0 Å². The van der Waals surface area contributed by atoms with Crippen molar-refractivity contribution in [1.82, 2.24) is 24.7 Å². The summed E-state index contributed by atoms with van der Waals surface area (Å²) in [4.78, 5) is 4.29. The summed E-state index contributed by atoms with van der Waals surface area (Å²) in [5, 5.41) is 15.3. The van der Waals surface area contributed by atoms with Gasteiger partial charge in [0.25, 0.3) is 0 Å². The molecular weight excluding hydrogens is 244 g/mol. The van der Waals surface area contributed by atoms with Crippen molar-refractivity contribution in [2.75, 3.05) is 5.32 Å². The van der Waals surface area contributed by atoms with Crippen molar-refractivity contribution < 1.29 is 4.52 Å². The number of rotatable bonds is 3. The van der Waals surface area contributed by atoms with Crippen LogP contribution in [0.25, 0.3) is 5.65 Å². The summed E-state index contributed by atoms with van der Waals surface area (Å²) in [7, 11) is 0. The van der Waals surface area contributed by atoms with Crippen LogP contribution >= 0.6 is 0 Å². The van der Waals surface area contributed by atoms with Crippen molar-refractivity contribution in [3.63, 3.8) is 0 Å². The number of nitrogens with zero attached hydrogens (tertiary/aromatic N) is 5. The number of fused-ring (bicyclic) bond motifs is 1. The topological polar surface area (TPSA) is 81.1 Å². The van der Waals surface area contributed by atoms with Crippen LogP contribution in [-0.4, -0.2) is 24.7 Å². The van der Waals surface area contributed by atoms with Crippen molar-refractivity contribution in [3.05, 3.63) is 35.2 Å². The number of aryl methyl sites for hydroxylation is 3. The van der Waals surface area contributed by atoms with Gasteiger partial charge >= 0.3 is 0 Å². The lowest BCUT2D eigenvalue weighted by Gasteiger charge is -2.05. The maximum Gasteiger partial charge on any atom is 0.203 e. The summed E-state index contributed by atoms with van der Waals surface area (Å²) in [6.07, 6.45) is 3.56. The quantitative estimate of drug-likeness (QED) is 0.769. The van der Waals surface area contributed by atoms with E-state index in [0.29, 0.717) is 18.0 Å². The molecule has 0 aliphatic heterocycles. The van der Waals surface area contributed by atoms with E-state index in [4.69, 9.17) is 4.52 Å². The summed E-state index contributed by atoms with van der Waals surface area (Å²) >= 11 is 0. The van der Waals surface area contributed by atoms with E-state index in [1.165, 1.54) is 0 Å². The Kier molecular flexibility index (Phi) is 2.66. The summed E-state index contributed by atoms with van der Waals surface area (Å²) in [5.41, 5.74) is 2.64. The Morgan fingerprint density at radius 3 is 2.84 bits per heavy atom. The third-order valence-electron chi connectivity index (χ3n) is 3.11. The molecule has 0 aliphatic carbocycles. The minimum atomic E-state index is 0.597. The van der Waals surface area contributed by atoms with E-state index in [2.05, 4.69) is 25.7 Å². The van der Waals surface area contributed by atoms with Crippen molar-refractivity contribution in [2.45, 2.75) is 27.3 Å². The highest BCUT2D eigenvalue weighted by molar-refractivity contribution is 5.62. The first-order valence-corrected chi connectivity index (χ1v) is 5.99. The Labute approximate surface area is 109 Å². The van der Waals surface area contributed by atoms with Crippen LogP contribution in [0.2, 0.25) is 0 Å². The van der Waals surface area contributed by atoms with Crippen molar-refractivity contribution >= 4 is 11.5 Å². The normalized spacial score (nSPS) is 11.1. The largest absolute Gasteiger partial charge is 0.363 e. The molecule has 3 aromatic heterocycles. The fourth-order valence-corrected chi connectivity index (χ4v) is 1.99. The fraction of sp³-hybridized carbons (Fsp3) is 0.333. The van der Waals surface area contributed by atoms with E-state index >= 15 is 0 Å². The first kappa shape index (κ1) is 11.6. The van der Waals surface area contributed by atoms with E-state index < -0.39 is 0 Å². The number of nitrogens with one attached hydrogen (secondary N) is 1. The number of aromatic nitrogens is 5. The van der Waals surface area contributed by atoms with Gasteiger partial charge in [-0.3, -0.25) is 4.40 Å². The first-order chi connectivity index (χ1) is 9.16. The van der Waals surface area contributed by atoms with Crippen LogP contribution in [0.5, 0.6) is 0 Å². The molecule has 7 heteroatoms. The molecule has 0 saturated carbocycles. The molecule has 0 aromatic carbocycles. The molecule has 0 saturated heterocycles. The molecule has 7 nitrogen and oxygen atoms in total. The number of anilines is 1. The highest BCUT2D eigenvalue weighted by Crippen LogP contribution is 2.16. The lowest BCUT2D eigenvalue weighted by molar-refractivity contribution is 0.392. The van der Waals surface area contributed by atoms with Crippen LogP contribution in [0.15, 0.2) is 16.9 Å². The summed E-state index contributed by atoms with van der Waals surface area (Å²) < 4.78 is 7.02. The lowest BCUT2D eigenvalue weighted by atomic mass is 10.2. The van der Waals surface area contributed by atoms with Gasteiger partial charge in [-0.1, -0.05) is 5.16 Å². The molecule has 3 aromatic rings. The molecule has 0 amide bonds. The Morgan fingerprint density at radius 2 is 2.11 bits per heavy atom. The second-order valence-corrected chi connectivity index (χ2v) is 4.37. The Hall–Kier alpha value is -2.44. The van der Waals surface area contributed by atoms with Crippen molar-refractivity contribution in [2.24, 2.45) is 0 Å². The second-order valence-electron chi connectivity index (χ2n) is 4.37. The molecule has 0 radical (unpaired) electrons. The fourth-order valence-electron chi connectivity index (χ4n) is 1.99. The van der Waals surface area contributed by atoms with E-state index in [1.54, 1.807) is 6.20 Å². The van der Waals surface area contributed by atoms with Gasteiger partial charge in [0, 0.05) is 24.5 Å². The van der Waals surface area contributed by atoms with Crippen LogP contribution in [0.3, 0.4) is 0 Å². The van der Waals surface area contributed by atoms with E-state index in [0.717, 1.165) is 22.8 Å². The molecule has 0 spiro atoms. The average Bonchev–Trinajstić information content (AvgIpc) is 2.93. The SMILES string of the molecule is Cc1noc(C)c1CNc1nccn2c(C)nnc12. The predicted octanol–water partition coefficient (Wildman–Crippen LogP) is 1.65. The van der Waals surface area contributed by atoms with Crippen LogP contribution < -0.4 is 5.32 Å². The molecule has 98 valence electrons. The second kappa shape index (κ2) is 4.34. The number of hydrogen-bond acceptors (Lipinski definition) is 6. The first-order valence-electron chi connectivity index (χ1n) is 5.99. The highest BCUT2D eigenvalue weighted by atomic mass is 16.5. The van der Waals surface area contributed by atoms with Gasteiger partial charge in [-0.15, -0.1) is 10.2 Å². The number of hydrogen-bond donors (Lipinski definition) is 1. The smallest absolute Gasteiger partial charge is 0.203 e. The van der Waals surface area contributed by atoms with Gasteiger partial charge in [-0.05, 0) is 20.8 Å².